The van der Waals surface area contributed by atoms with E-state index in [9.17, 15) is 19.2 Å². The number of likely N-dealkylation sites (tertiary alicyclic amines) is 1. The van der Waals surface area contributed by atoms with Crippen molar-refractivity contribution in [2.24, 2.45) is 5.73 Å². The minimum Gasteiger partial charge on any atom is -0.480 e. The van der Waals surface area contributed by atoms with E-state index in [1.807, 2.05) is 30.5 Å². The van der Waals surface area contributed by atoms with E-state index in [4.69, 9.17) is 10.8 Å². The highest BCUT2D eigenvalue weighted by atomic mass is 16.4. The molecule has 10 heteroatoms. The number of nitrogens with one attached hydrogen (secondary N) is 3. The van der Waals surface area contributed by atoms with E-state index in [1.54, 1.807) is 0 Å². The molecule has 1 aromatic carbocycles. The molecule has 1 aliphatic rings. The summed E-state index contributed by atoms with van der Waals surface area (Å²) in [6.07, 6.45) is 3.19. The number of fused-ring (bicyclic) bond motifs is 1. The van der Waals surface area contributed by atoms with Gasteiger partial charge >= 0.3 is 5.97 Å². The topological polar surface area (TPSA) is 158 Å². The van der Waals surface area contributed by atoms with Gasteiger partial charge in [0, 0.05) is 23.6 Å². The van der Waals surface area contributed by atoms with Crippen molar-refractivity contribution in [2.75, 3.05) is 13.1 Å². The molecule has 0 spiro atoms. The molecule has 31 heavy (non-hydrogen) atoms. The zero-order valence-electron chi connectivity index (χ0n) is 17.3. The van der Waals surface area contributed by atoms with Gasteiger partial charge in [-0.05, 0) is 37.8 Å². The molecule has 1 aromatic heterocycles. The molecule has 1 aliphatic heterocycles. The fraction of sp³-hybridized carbons (Fsp3) is 0.429. The van der Waals surface area contributed by atoms with Gasteiger partial charge in [0.15, 0.2) is 0 Å². The van der Waals surface area contributed by atoms with Gasteiger partial charge in [0.2, 0.25) is 17.7 Å². The van der Waals surface area contributed by atoms with Crippen LogP contribution in [0.25, 0.3) is 10.9 Å². The molecule has 0 saturated carbocycles. The Bertz CT molecular complexity index is 987. The minimum atomic E-state index is -1.15. The van der Waals surface area contributed by atoms with Crippen molar-refractivity contribution >= 4 is 34.6 Å². The number of nitrogens with two attached hydrogens (primary N) is 1. The van der Waals surface area contributed by atoms with E-state index in [-0.39, 0.29) is 6.54 Å². The summed E-state index contributed by atoms with van der Waals surface area (Å²) in [5.41, 5.74) is 7.89. The number of benzene rings is 1. The highest BCUT2D eigenvalue weighted by Crippen LogP contribution is 2.19. The van der Waals surface area contributed by atoms with Crippen LogP contribution in [-0.4, -0.2) is 69.9 Å². The molecule has 3 unspecified atom stereocenters. The van der Waals surface area contributed by atoms with E-state index >= 15 is 0 Å². The first-order valence-corrected chi connectivity index (χ1v) is 10.2. The lowest BCUT2D eigenvalue weighted by Gasteiger charge is -2.25. The summed E-state index contributed by atoms with van der Waals surface area (Å²) in [4.78, 5) is 52.7. The number of rotatable bonds is 8. The molecule has 6 N–H and O–H groups in total. The van der Waals surface area contributed by atoms with Gasteiger partial charge in [0.25, 0.3) is 0 Å². The summed E-state index contributed by atoms with van der Waals surface area (Å²) in [6.45, 7) is 1.45. The van der Waals surface area contributed by atoms with Gasteiger partial charge in [0.1, 0.15) is 12.1 Å². The number of carboxylic acids is 1. The third kappa shape index (κ3) is 5.21. The van der Waals surface area contributed by atoms with Crippen molar-refractivity contribution in [3.63, 3.8) is 0 Å². The second-order valence-corrected chi connectivity index (χ2v) is 7.70. The summed E-state index contributed by atoms with van der Waals surface area (Å²) in [5.74, 6) is -2.53. The van der Waals surface area contributed by atoms with Crippen LogP contribution >= 0.6 is 0 Å². The number of aliphatic carboxylic acids is 1. The lowest BCUT2D eigenvalue weighted by atomic mass is 10.1. The number of amides is 3. The van der Waals surface area contributed by atoms with Crippen LogP contribution in [0.15, 0.2) is 30.5 Å². The van der Waals surface area contributed by atoms with Crippen LogP contribution in [0.5, 0.6) is 0 Å². The fourth-order valence-corrected chi connectivity index (χ4v) is 3.73. The molecule has 10 nitrogen and oxygen atoms in total. The predicted molar refractivity (Wildman–Crippen MR) is 113 cm³/mol. The van der Waals surface area contributed by atoms with Crippen LogP contribution in [0.3, 0.4) is 0 Å². The van der Waals surface area contributed by atoms with E-state index < -0.39 is 41.8 Å². The maximum absolute atomic E-state index is 12.6. The number of carboxylic acid groups (broad SMARTS) is 1. The lowest BCUT2D eigenvalue weighted by Crippen LogP contribution is -2.52. The molecular formula is C21H27N5O5. The van der Waals surface area contributed by atoms with Crippen molar-refractivity contribution < 1.29 is 24.3 Å². The maximum Gasteiger partial charge on any atom is 0.325 e. The molecule has 2 heterocycles. The molecule has 166 valence electrons. The quantitative estimate of drug-likeness (QED) is 0.389. The number of para-hydroxylation sites is 1. The summed E-state index contributed by atoms with van der Waals surface area (Å²) in [6, 6.07) is 5.07. The fourth-order valence-electron chi connectivity index (χ4n) is 3.73. The molecule has 0 bridgehead atoms. The van der Waals surface area contributed by atoms with Gasteiger partial charge in [-0.2, -0.15) is 0 Å². The standard InChI is InChI=1S/C21H27N5O5/c1-12(21(30)31)25-20(29)17-7-4-8-26(17)18(27)11-24-19(28)15(22)9-13-10-23-16-6-3-2-5-14(13)16/h2-3,5-6,10,12,15,17,23H,4,7-9,11,22H2,1H3,(H,24,28)(H,25,29)(H,30,31). The van der Waals surface area contributed by atoms with E-state index in [0.717, 1.165) is 16.5 Å². The van der Waals surface area contributed by atoms with Crippen LogP contribution in [-0.2, 0) is 25.6 Å². The predicted octanol–water partition coefficient (Wildman–Crippen LogP) is -0.266. The van der Waals surface area contributed by atoms with Gasteiger partial charge in [0.05, 0.1) is 12.6 Å². The van der Waals surface area contributed by atoms with Crippen molar-refractivity contribution in [1.82, 2.24) is 20.5 Å². The number of aromatic nitrogens is 1. The SMILES string of the molecule is CC(NC(=O)C1CCCN1C(=O)CNC(=O)C(N)Cc1c[nH]c2ccccc12)C(=O)O. The van der Waals surface area contributed by atoms with Gasteiger partial charge in [-0.3, -0.25) is 19.2 Å². The third-order valence-corrected chi connectivity index (χ3v) is 5.47. The Hall–Kier alpha value is -3.40. The van der Waals surface area contributed by atoms with Gasteiger partial charge < -0.3 is 31.4 Å². The normalized spacial score (nSPS) is 17.9. The highest BCUT2D eigenvalue weighted by Gasteiger charge is 2.35. The molecular weight excluding hydrogens is 402 g/mol. The molecule has 0 aliphatic carbocycles. The first-order chi connectivity index (χ1) is 14.8. The number of hydrogen-bond acceptors (Lipinski definition) is 5. The smallest absolute Gasteiger partial charge is 0.325 e. The highest BCUT2D eigenvalue weighted by molar-refractivity contribution is 5.93. The largest absolute Gasteiger partial charge is 0.480 e. The van der Waals surface area contributed by atoms with Crippen molar-refractivity contribution in [1.29, 1.82) is 0 Å². The van der Waals surface area contributed by atoms with E-state index in [1.165, 1.54) is 11.8 Å². The Kier molecular flexibility index (Phi) is 6.91. The Morgan fingerprint density at radius 1 is 1.29 bits per heavy atom. The molecule has 3 atom stereocenters. The molecule has 3 amide bonds. The number of aromatic amines is 1. The van der Waals surface area contributed by atoms with Crippen LogP contribution in [0, 0.1) is 0 Å². The molecule has 2 aromatic rings. The minimum absolute atomic E-state index is 0.279. The maximum atomic E-state index is 12.6. The van der Waals surface area contributed by atoms with Crippen molar-refractivity contribution in [3.8, 4) is 0 Å². The van der Waals surface area contributed by atoms with Crippen LogP contribution in [0.2, 0.25) is 0 Å². The Morgan fingerprint density at radius 2 is 2.03 bits per heavy atom. The van der Waals surface area contributed by atoms with Crippen LogP contribution in [0.4, 0.5) is 0 Å². The average Bonchev–Trinajstić information content (AvgIpc) is 3.39. The van der Waals surface area contributed by atoms with Crippen molar-refractivity contribution in [3.05, 3.63) is 36.0 Å². The Balaban J connectivity index is 1.52. The monoisotopic (exact) mass is 429 g/mol. The summed E-state index contributed by atoms with van der Waals surface area (Å²) < 4.78 is 0. The number of carbonyl (C=O) groups is 4. The Morgan fingerprint density at radius 3 is 2.77 bits per heavy atom. The summed E-state index contributed by atoms with van der Waals surface area (Å²) >= 11 is 0. The van der Waals surface area contributed by atoms with Gasteiger partial charge in [-0.25, -0.2) is 0 Å². The van der Waals surface area contributed by atoms with Crippen LogP contribution < -0.4 is 16.4 Å². The first kappa shape index (κ1) is 22.3. The first-order valence-electron chi connectivity index (χ1n) is 10.2. The van der Waals surface area contributed by atoms with Gasteiger partial charge in [-0.15, -0.1) is 0 Å². The number of H-pyrrole nitrogens is 1. The van der Waals surface area contributed by atoms with Gasteiger partial charge in [-0.1, -0.05) is 18.2 Å². The number of hydrogen-bond donors (Lipinski definition) is 5. The summed E-state index contributed by atoms with van der Waals surface area (Å²) in [7, 11) is 0. The molecule has 1 saturated heterocycles. The second kappa shape index (κ2) is 9.61. The van der Waals surface area contributed by atoms with E-state index in [2.05, 4.69) is 15.6 Å². The summed E-state index contributed by atoms with van der Waals surface area (Å²) in [5, 5.41) is 14.9. The zero-order valence-corrected chi connectivity index (χ0v) is 17.3. The second-order valence-electron chi connectivity index (χ2n) is 7.70. The number of nitrogens with zero attached hydrogens (tertiary/aromatic N) is 1. The average molecular weight is 429 g/mol. The third-order valence-electron chi connectivity index (χ3n) is 5.47. The lowest BCUT2D eigenvalue weighted by molar-refractivity contribution is -0.143. The molecule has 1 fully saturated rings. The zero-order chi connectivity index (χ0) is 22.5. The van der Waals surface area contributed by atoms with Crippen molar-refractivity contribution in [2.45, 2.75) is 44.3 Å². The number of carbonyl (C=O) groups excluding carboxylic acids is 3. The molecule has 0 radical (unpaired) electrons. The molecule has 3 rings (SSSR count). The van der Waals surface area contributed by atoms with E-state index in [0.29, 0.717) is 25.8 Å². The Labute approximate surface area is 179 Å². The van der Waals surface area contributed by atoms with Crippen LogP contribution in [0.1, 0.15) is 25.3 Å².